The molecule has 0 aliphatic carbocycles. The highest BCUT2D eigenvalue weighted by atomic mass is 16.7. The highest BCUT2D eigenvalue weighted by Gasteiger charge is 2.57. The fraction of sp³-hybridized carbons (Fsp3) is 0.714. The summed E-state index contributed by atoms with van der Waals surface area (Å²) in [5.74, 6) is 0.232. The second-order valence-corrected chi connectivity index (χ2v) is 12.0. The van der Waals surface area contributed by atoms with E-state index in [-0.39, 0.29) is 29.0 Å². The van der Waals surface area contributed by atoms with E-state index < -0.39 is 5.54 Å². The quantitative estimate of drug-likeness (QED) is 0.670. The van der Waals surface area contributed by atoms with E-state index in [9.17, 15) is 9.59 Å². The van der Waals surface area contributed by atoms with E-state index in [0.717, 1.165) is 31.7 Å². The molecule has 7 nitrogen and oxygen atoms in total. The van der Waals surface area contributed by atoms with Gasteiger partial charge in [-0.15, -0.1) is 0 Å². The molecule has 2 aliphatic rings. The lowest BCUT2D eigenvalue weighted by Crippen LogP contribution is -3.12. The van der Waals surface area contributed by atoms with Gasteiger partial charge in [-0.1, -0.05) is 26.0 Å². The van der Waals surface area contributed by atoms with Crippen molar-refractivity contribution in [2.75, 3.05) is 39.8 Å². The zero-order valence-corrected chi connectivity index (χ0v) is 23.4. The number of nitrogens with one attached hydrogen (secondary N) is 1. The van der Waals surface area contributed by atoms with E-state index in [0.29, 0.717) is 24.9 Å². The fourth-order valence-corrected chi connectivity index (χ4v) is 5.46. The van der Waals surface area contributed by atoms with Crippen molar-refractivity contribution in [1.82, 2.24) is 14.9 Å². The Morgan fingerprint density at radius 1 is 1.09 bits per heavy atom. The van der Waals surface area contributed by atoms with Crippen molar-refractivity contribution < 1.29 is 19.3 Å². The smallest absolute Gasteiger partial charge is 0.254 e. The average Bonchev–Trinajstić information content (AvgIpc) is 2.81. The van der Waals surface area contributed by atoms with Gasteiger partial charge in [-0.05, 0) is 72.1 Å². The standard InChI is InChI=1S/C28H46N4O3/c1-10-28(11-2)25(34)31(26(4,5)6)20-27(7,8)32(28)35-21(3)22-12-14-23(15-13-22)24(33)30-18-16-29(9)17-19-30/h12-15,21H,10-11,16-20H2,1-9H3/p+1. The number of carbonyl (C=O) groups excluding carboxylic acids is 2. The molecule has 0 radical (unpaired) electrons. The molecule has 196 valence electrons. The van der Waals surface area contributed by atoms with Gasteiger partial charge in [0.2, 0.25) is 5.91 Å². The van der Waals surface area contributed by atoms with Gasteiger partial charge in [0.15, 0.2) is 0 Å². The predicted molar refractivity (Wildman–Crippen MR) is 139 cm³/mol. The molecule has 0 aromatic heterocycles. The van der Waals surface area contributed by atoms with Crippen LogP contribution in [0.15, 0.2) is 24.3 Å². The second kappa shape index (κ2) is 10.2. The van der Waals surface area contributed by atoms with Gasteiger partial charge >= 0.3 is 0 Å². The van der Waals surface area contributed by atoms with Crippen LogP contribution in [0.1, 0.15) is 90.3 Å². The summed E-state index contributed by atoms with van der Waals surface area (Å²) in [7, 11) is 2.17. The SMILES string of the molecule is CCC1(CC)C(=O)N(C(C)(C)C)CC(C)(C)N1OC(C)c1ccc(C(=O)N2CC[NH+](C)CC2)cc1. The van der Waals surface area contributed by atoms with Gasteiger partial charge < -0.3 is 14.7 Å². The zero-order chi connectivity index (χ0) is 26.2. The number of carbonyl (C=O) groups is 2. The number of quaternary nitrogens is 1. The Bertz CT molecular complexity index is 894. The molecule has 1 atom stereocenters. The minimum absolute atomic E-state index is 0.0960. The number of likely N-dealkylation sites (N-methyl/N-ethyl adjacent to an activating group) is 1. The van der Waals surface area contributed by atoms with Crippen molar-refractivity contribution in [2.24, 2.45) is 0 Å². The Balaban J connectivity index is 1.80. The lowest BCUT2D eigenvalue weighted by molar-refractivity contribution is -0.883. The number of hydrogen-bond donors (Lipinski definition) is 1. The molecule has 0 spiro atoms. The first-order chi connectivity index (χ1) is 16.3. The topological polar surface area (TPSA) is 57.5 Å². The molecule has 2 heterocycles. The summed E-state index contributed by atoms with van der Waals surface area (Å²) >= 11 is 0. The van der Waals surface area contributed by atoms with Crippen molar-refractivity contribution in [3.63, 3.8) is 0 Å². The van der Waals surface area contributed by atoms with Gasteiger partial charge in [-0.2, -0.15) is 5.06 Å². The third-order valence-corrected chi connectivity index (χ3v) is 7.90. The van der Waals surface area contributed by atoms with Gasteiger partial charge in [-0.3, -0.25) is 14.4 Å². The maximum Gasteiger partial charge on any atom is 0.254 e. The Labute approximate surface area is 212 Å². The number of rotatable bonds is 6. The highest BCUT2D eigenvalue weighted by Crippen LogP contribution is 2.42. The van der Waals surface area contributed by atoms with Gasteiger partial charge in [0, 0.05) is 17.6 Å². The number of benzene rings is 1. The van der Waals surface area contributed by atoms with Crippen molar-refractivity contribution in [3.05, 3.63) is 35.4 Å². The molecule has 0 saturated carbocycles. The van der Waals surface area contributed by atoms with Crippen LogP contribution >= 0.6 is 0 Å². The van der Waals surface area contributed by atoms with Crippen molar-refractivity contribution in [3.8, 4) is 0 Å². The molecule has 1 unspecified atom stereocenters. The van der Waals surface area contributed by atoms with Crippen molar-refractivity contribution in [2.45, 2.75) is 91.0 Å². The molecule has 7 heteroatoms. The molecule has 35 heavy (non-hydrogen) atoms. The summed E-state index contributed by atoms with van der Waals surface area (Å²) in [5, 5.41) is 1.99. The lowest BCUT2D eigenvalue weighted by atomic mass is 9.80. The molecule has 2 amide bonds. The normalized spacial score (nSPS) is 22.4. The Hall–Kier alpha value is -1.96. The summed E-state index contributed by atoms with van der Waals surface area (Å²) in [4.78, 5) is 38.8. The number of piperazine rings is 2. The Morgan fingerprint density at radius 3 is 2.11 bits per heavy atom. The van der Waals surface area contributed by atoms with Crippen molar-refractivity contribution >= 4 is 11.8 Å². The van der Waals surface area contributed by atoms with Crippen LogP contribution in [0, 0.1) is 0 Å². The molecule has 1 aromatic carbocycles. The van der Waals surface area contributed by atoms with E-state index in [1.165, 1.54) is 4.90 Å². The number of nitrogens with zero attached hydrogens (tertiary/aromatic N) is 3. The lowest BCUT2D eigenvalue weighted by Gasteiger charge is -2.59. The van der Waals surface area contributed by atoms with E-state index in [4.69, 9.17) is 4.84 Å². The average molecular weight is 488 g/mol. The van der Waals surface area contributed by atoms with Crippen LogP contribution in [0.2, 0.25) is 0 Å². The van der Waals surface area contributed by atoms with Crippen LogP contribution in [0.4, 0.5) is 0 Å². The maximum absolute atomic E-state index is 13.8. The van der Waals surface area contributed by atoms with E-state index in [2.05, 4.69) is 55.5 Å². The first kappa shape index (κ1) is 27.6. The van der Waals surface area contributed by atoms with Gasteiger partial charge in [0.1, 0.15) is 11.6 Å². The third kappa shape index (κ3) is 5.42. The summed E-state index contributed by atoms with van der Waals surface area (Å²) in [6.07, 6.45) is 1.09. The predicted octanol–water partition coefficient (Wildman–Crippen LogP) is 2.93. The largest absolute Gasteiger partial charge is 0.334 e. The molecule has 1 N–H and O–H groups in total. The van der Waals surface area contributed by atoms with Crippen LogP contribution < -0.4 is 4.90 Å². The molecule has 0 bridgehead atoms. The Kier molecular flexibility index (Phi) is 8.04. The van der Waals surface area contributed by atoms with Crippen LogP contribution in [-0.2, 0) is 9.63 Å². The number of hydrogen-bond acceptors (Lipinski definition) is 4. The molecule has 2 aliphatic heterocycles. The fourth-order valence-electron chi connectivity index (χ4n) is 5.46. The molecule has 2 saturated heterocycles. The van der Waals surface area contributed by atoms with E-state index in [1.807, 2.05) is 46.1 Å². The first-order valence-electron chi connectivity index (χ1n) is 13.3. The Morgan fingerprint density at radius 2 is 1.63 bits per heavy atom. The summed E-state index contributed by atoms with van der Waals surface area (Å²) in [6, 6.07) is 7.78. The minimum Gasteiger partial charge on any atom is -0.334 e. The maximum atomic E-state index is 13.8. The third-order valence-electron chi connectivity index (χ3n) is 7.90. The van der Waals surface area contributed by atoms with Crippen LogP contribution in [0.3, 0.4) is 0 Å². The van der Waals surface area contributed by atoms with Crippen LogP contribution in [-0.4, -0.2) is 83.1 Å². The van der Waals surface area contributed by atoms with Gasteiger partial charge in [0.25, 0.3) is 5.91 Å². The van der Waals surface area contributed by atoms with Crippen LogP contribution in [0.5, 0.6) is 0 Å². The van der Waals surface area contributed by atoms with Gasteiger partial charge in [0.05, 0.1) is 38.8 Å². The second-order valence-electron chi connectivity index (χ2n) is 12.0. The van der Waals surface area contributed by atoms with E-state index in [1.54, 1.807) is 0 Å². The van der Waals surface area contributed by atoms with Crippen LogP contribution in [0.25, 0.3) is 0 Å². The molecular formula is C28H47N4O3+. The molecule has 1 aromatic rings. The first-order valence-corrected chi connectivity index (χ1v) is 13.3. The monoisotopic (exact) mass is 487 g/mol. The number of amides is 2. The molecule has 3 rings (SSSR count). The van der Waals surface area contributed by atoms with E-state index >= 15 is 0 Å². The van der Waals surface area contributed by atoms with Crippen molar-refractivity contribution in [1.29, 1.82) is 0 Å². The minimum atomic E-state index is -0.720. The summed E-state index contributed by atoms with van der Waals surface area (Å²) < 4.78 is 0. The highest BCUT2D eigenvalue weighted by molar-refractivity contribution is 5.94. The molecular weight excluding hydrogens is 440 g/mol. The molecule has 2 fully saturated rings. The van der Waals surface area contributed by atoms with Gasteiger partial charge in [-0.25, -0.2) is 0 Å². The number of hydroxylamine groups is 2. The summed E-state index contributed by atoms with van der Waals surface area (Å²) in [6.45, 7) is 21.0. The zero-order valence-electron chi connectivity index (χ0n) is 23.4. The summed E-state index contributed by atoms with van der Waals surface area (Å²) in [5.41, 5.74) is 0.372.